The Morgan fingerprint density at radius 3 is 2.94 bits per heavy atom. The minimum absolute atomic E-state index is 0.218. The normalized spacial score (nSPS) is 10.6. The van der Waals surface area contributed by atoms with Crippen LogP contribution in [0.1, 0.15) is 11.3 Å². The van der Waals surface area contributed by atoms with Crippen molar-refractivity contribution in [3.63, 3.8) is 0 Å². The van der Waals surface area contributed by atoms with Gasteiger partial charge in [-0.25, -0.2) is 4.39 Å². The van der Waals surface area contributed by atoms with Gasteiger partial charge in [0.25, 0.3) is 0 Å². The first-order valence-electron chi connectivity index (χ1n) is 4.83. The third-order valence-corrected chi connectivity index (χ3v) is 2.42. The van der Waals surface area contributed by atoms with Gasteiger partial charge in [0.2, 0.25) is 0 Å². The van der Waals surface area contributed by atoms with Crippen LogP contribution in [0.25, 0.3) is 10.8 Å². The zero-order valence-corrected chi connectivity index (χ0v) is 8.70. The first-order chi connectivity index (χ1) is 7.58. The van der Waals surface area contributed by atoms with E-state index in [4.69, 9.17) is 5.11 Å². The van der Waals surface area contributed by atoms with E-state index in [-0.39, 0.29) is 12.0 Å². The molecule has 0 bridgehead atoms. The minimum Gasteiger partial charge on any atom is -0.481 e. The summed E-state index contributed by atoms with van der Waals surface area (Å²) in [6, 6.07) is 4.58. The van der Waals surface area contributed by atoms with Gasteiger partial charge in [0.05, 0.1) is 6.42 Å². The van der Waals surface area contributed by atoms with E-state index < -0.39 is 11.8 Å². The Kier molecular flexibility index (Phi) is 2.56. The molecule has 1 heterocycles. The summed E-state index contributed by atoms with van der Waals surface area (Å²) in [6.45, 7) is 1.79. The number of carboxylic acids is 1. The van der Waals surface area contributed by atoms with Crippen molar-refractivity contribution in [3.05, 3.63) is 41.5 Å². The van der Waals surface area contributed by atoms with Gasteiger partial charge in [0, 0.05) is 22.8 Å². The molecule has 1 aromatic heterocycles. The number of carboxylic acid groups (broad SMARTS) is 1. The highest BCUT2D eigenvalue weighted by atomic mass is 19.1. The van der Waals surface area contributed by atoms with Gasteiger partial charge in [0.1, 0.15) is 5.82 Å². The summed E-state index contributed by atoms with van der Waals surface area (Å²) >= 11 is 0. The molecular weight excluding hydrogens is 209 g/mol. The zero-order valence-electron chi connectivity index (χ0n) is 8.70. The number of aliphatic carboxylic acids is 1. The predicted molar refractivity (Wildman–Crippen MR) is 57.8 cm³/mol. The average molecular weight is 219 g/mol. The number of benzene rings is 1. The van der Waals surface area contributed by atoms with E-state index in [0.29, 0.717) is 5.39 Å². The molecule has 16 heavy (non-hydrogen) atoms. The Balaban J connectivity index is 2.72. The molecule has 0 unspecified atom stereocenters. The SMILES string of the molecule is Cc1cc2c(CC(=O)O)c(F)ccc2cn1. The molecule has 0 saturated carbocycles. The number of hydrogen-bond donors (Lipinski definition) is 1. The van der Waals surface area contributed by atoms with Gasteiger partial charge in [-0.1, -0.05) is 0 Å². The van der Waals surface area contributed by atoms with Crippen LogP contribution >= 0.6 is 0 Å². The summed E-state index contributed by atoms with van der Waals surface area (Å²) in [4.78, 5) is 14.8. The van der Waals surface area contributed by atoms with E-state index in [9.17, 15) is 9.18 Å². The maximum Gasteiger partial charge on any atom is 0.307 e. The van der Waals surface area contributed by atoms with Gasteiger partial charge < -0.3 is 5.11 Å². The monoisotopic (exact) mass is 219 g/mol. The molecule has 0 atom stereocenters. The Hall–Kier alpha value is -1.97. The quantitative estimate of drug-likeness (QED) is 0.843. The van der Waals surface area contributed by atoms with Crippen LogP contribution in [0.4, 0.5) is 4.39 Å². The fourth-order valence-corrected chi connectivity index (χ4v) is 1.69. The van der Waals surface area contributed by atoms with Gasteiger partial charge in [-0.15, -0.1) is 0 Å². The summed E-state index contributed by atoms with van der Waals surface area (Å²) < 4.78 is 13.5. The molecule has 4 heteroatoms. The Bertz CT molecular complexity index is 561. The molecule has 1 aromatic carbocycles. The maximum atomic E-state index is 13.5. The zero-order chi connectivity index (χ0) is 11.7. The van der Waals surface area contributed by atoms with Crippen LogP contribution in [0, 0.1) is 12.7 Å². The van der Waals surface area contributed by atoms with E-state index in [2.05, 4.69) is 4.98 Å². The maximum absolute atomic E-state index is 13.5. The molecule has 3 nitrogen and oxygen atoms in total. The number of fused-ring (bicyclic) bond motifs is 1. The summed E-state index contributed by atoms with van der Waals surface area (Å²) in [5.74, 6) is -1.53. The van der Waals surface area contributed by atoms with E-state index in [1.165, 1.54) is 6.07 Å². The molecule has 82 valence electrons. The van der Waals surface area contributed by atoms with Crippen molar-refractivity contribution in [2.45, 2.75) is 13.3 Å². The minimum atomic E-state index is -1.04. The molecule has 0 spiro atoms. The predicted octanol–water partition coefficient (Wildman–Crippen LogP) is 2.31. The highest BCUT2D eigenvalue weighted by molar-refractivity contribution is 5.88. The summed E-state index contributed by atoms with van der Waals surface area (Å²) in [7, 11) is 0. The van der Waals surface area contributed by atoms with Crippen LogP contribution in [-0.2, 0) is 11.2 Å². The lowest BCUT2D eigenvalue weighted by molar-refractivity contribution is -0.136. The highest BCUT2D eigenvalue weighted by Gasteiger charge is 2.11. The van der Waals surface area contributed by atoms with Crippen LogP contribution in [-0.4, -0.2) is 16.1 Å². The lowest BCUT2D eigenvalue weighted by Crippen LogP contribution is -2.03. The number of rotatable bonds is 2. The first-order valence-corrected chi connectivity index (χ1v) is 4.83. The average Bonchev–Trinajstić information content (AvgIpc) is 2.22. The Morgan fingerprint density at radius 1 is 1.50 bits per heavy atom. The smallest absolute Gasteiger partial charge is 0.307 e. The van der Waals surface area contributed by atoms with Gasteiger partial charge in [-0.05, 0) is 30.5 Å². The lowest BCUT2D eigenvalue weighted by atomic mass is 10.0. The standard InChI is InChI=1S/C12H10FNO2/c1-7-4-9-8(6-14-7)2-3-11(13)10(9)5-12(15)16/h2-4,6H,5H2,1H3,(H,15,16). The largest absolute Gasteiger partial charge is 0.481 e. The Morgan fingerprint density at radius 2 is 2.25 bits per heavy atom. The topological polar surface area (TPSA) is 50.2 Å². The van der Waals surface area contributed by atoms with Gasteiger partial charge >= 0.3 is 5.97 Å². The molecule has 0 saturated heterocycles. The highest BCUT2D eigenvalue weighted by Crippen LogP contribution is 2.22. The number of nitrogens with zero attached hydrogens (tertiary/aromatic N) is 1. The molecule has 1 N–H and O–H groups in total. The molecular formula is C12H10FNO2. The van der Waals surface area contributed by atoms with Crippen molar-refractivity contribution in [1.29, 1.82) is 0 Å². The van der Waals surface area contributed by atoms with Gasteiger partial charge in [0.15, 0.2) is 0 Å². The third-order valence-electron chi connectivity index (χ3n) is 2.42. The molecule has 0 aliphatic rings. The number of carbonyl (C=O) groups is 1. The molecule has 2 rings (SSSR count). The molecule has 0 amide bonds. The Labute approximate surface area is 91.5 Å². The summed E-state index contributed by atoms with van der Waals surface area (Å²) in [6.07, 6.45) is 1.31. The van der Waals surface area contributed by atoms with E-state index >= 15 is 0 Å². The number of hydrogen-bond acceptors (Lipinski definition) is 2. The fraction of sp³-hybridized carbons (Fsp3) is 0.167. The first kappa shape index (κ1) is 10.5. The number of halogens is 1. The molecule has 0 aliphatic heterocycles. The van der Waals surface area contributed by atoms with Crippen LogP contribution in [0.2, 0.25) is 0 Å². The second-order valence-electron chi connectivity index (χ2n) is 3.64. The van der Waals surface area contributed by atoms with Crippen LogP contribution in [0.5, 0.6) is 0 Å². The van der Waals surface area contributed by atoms with Gasteiger partial charge in [-0.3, -0.25) is 9.78 Å². The molecule has 0 aliphatic carbocycles. The van der Waals surface area contributed by atoms with E-state index in [0.717, 1.165) is 11.1 Å². The molecule has 0 fully saturated rings. The van der Waals surface area contributed by atoms with E-state index in [1.807, 2.05) is 0 Å². The second kappa shape index (κ2) is 3.89. The summed E-state index contributed by atoms with van der Waals surface area (Å²) in [5.41, 5.74) is 0.959. The molecule has 0 radical (unpaired) electrons. The van der Waals surface area contributed by atoms with Crippen molar-refractivity contribution in [3.8, 4) is 0 Å². The fourth-order valence-electron chi connectivity index (χ4n) is 1.69. The van der Waals surface area contributed by atoms with E-state index in [1.54, 1.807) is 25.3 Å². The van der Waals surface area contributed by atoms with Crippen molar-refractivity contribution < 1.29 is 14.3 Å². The summed E-state index contributed by atoms with van der Waals surface area (Å²) in [5, 5.41) is 10.1. The lowest BCUT2D eigenvalue weighted by Gasteiger charge is -2.06. The van der Waals surface area contributed by atoms with Crippen molar-refractivity contribution in [1.82, 2.24) is 4.98 Å². The number of pyridine rings is 1. The number of aryl methyl sites for hydroxylation is 1. The van der Waals surface area contributed by atoms with Crippen molar-refractivity contribution >= 4 is 16.7 Å². The molecule has 2 aromatic rings. The number of aromatic nitrogens is 1. The third kappa shape index (κ3) is 1.86. The van der Waals surface area contributed by atoms with Crippen LogP contribution < -0.4 is 0 Å². The van der Waals surface area contributed by atoms with Crippen molar-refractivity contribution in [2.24, 2.45) is 0 Å². The van der Waals surface area contributed by atoms with Crippen LogP contribution in [0.3, 0.4) is 0 Å². The van der Waals surface area contributed by atoms with Crippen LogP contribution in [0.15, 0.2) is 24.4 Å². The second-order valence-corrected chi connectivity index (χ2v) is 3.64. The van der Waals surface area contributed by atoms with Gasteiger partial charge in [-0.2, -0.15) is 0 Å². The van der Waals surface area contributed by atoms with Crippen molar-refractivity contribution in [2.75, 3.05) is 0 Å².